The van der Waals surface area contributed by atoms with E-state index in [0.29, 0.717) is 17.9 Å². The number of hydrogen-bond donors (Lipinski definition) is 2. The van der Waals surface area contributed by atoms with Crippen LogP contribution in [-0.2, 0) is 4.79 Å². The Hall–Kier alpha value is -1.55. The molecule has 1 amide bonds. The van der Waals surface area contributed by atoms with E-state index in [1.54, 1.807) is 7.11 Å². The zero-order chi connectivity index (χ0) is 13.5. The van der Waals surface area contributed by atoms with Gasteiger partial charge >= 0.3 is 0 Å². The normalized spacial score (nSPS) is 12.0. The van der Waals surface area contributed by atoms with Gasteiger partial charge in [-0.05, 0) is 31.0 Å². The molecule has 0 bridgehead atoms. The Morgan fingerprint density at radius 2 is 2.22 bits per heavy atom. The van der Waals surface area contributed by atoms with Crippen LogP contribution in [0, 0.1) is 6.92 Å². The molecule has 1 atom stereocenters. The molecule has 0 unspecified atom stereocenters. The number of methoxy groups -OCH3 is 1. The number of nitrogens with one attached hydrogen (secondary N) is 1. The summed E-state index contributed by atoms with van der Waals surface area (Å²) in [5, 5.41) is 2.82. The van der Waals surface area contributed by atoms with Crippen LogP contribution >= 0.6 is 0 Å². The molecule has 0 spiro atoms. The van der Waals surface area contributed by atoms with Gasteiger partial charge < -0.3 is 15.8 Å². The van der Waals surface area contributed by atoms with Crippen molar-refractivity contribution >= 4 is 11.6 Å². The molecule has 0 saturated heterocycles. The van der Waals surface area contributed by atoms with Crippen LogP contribution in [0.1, 0.15) is 31.7 Å². The monoisotopic (exact) mass is 250 g/mol. The van der Waals surface area contributed by atoms with Crippen molar-refractivity contribution in [2.24, 2.45) is 5.73 Å². The molecule has 100 valence electrons. The van der Waals surface area contributed by atoms with E-state index in [2.05, 4.69) is 12.2 Å². The molecule has 0 aliphatic rings. The molecule has 3 N–H and O–H groups in total. The van der Waals surface area contributed by atoms with Gasteiger partial charge in [0.2, 0.25) is 5.91 Å². The van der Waals surface area contributed by atoms with Crippen LogP contribution in [0.15, 0.2) is 18.2 Å². The topological polar surface area (TPSA) is 64.4 Å². The minimum absolute atomic E-state index is 0.160. The summed E-state index contributed by atoms with van der Waals surface area (Å²) >= 11 is 0. The van der Waals surface area contributed by atoms with Gasteiger partial charge in [-0.2, -0.15) is 0 Å². The smallest absolute Gasteiger partial charge is 0.241 e. The van der Waals surface area contributed by atoms with Crippen LogP contribution in [0.3, 0.4) is 0 Å². The van der Waals surface area contributed by atoms with Gasteiger partial charge in [0.15, 0.2) is 0 Å². The Balaban J connectivity index is 2.71. The minimum atomic E-state index is -0.463. The van der Waals surface area contributed by atoms with Crippen molar-refractivity contribution in [1.29, 1.82) is 0 Å². The predicted octanol–water partition coefficient (Wildman–Crippen LogP) is 2.46. The first-order chi connectivity index (χ1) is 8.58. The van der Waals surface area contributed by atoms with Gasteiger partial charge in [0.05, 0.1) is 18.8 Å². The largest absolute Gasteiger partial charge is 0.495 e. The van der Waals surface area contributed by atoms with Crippen LogP contribution < -0.4 is 15.8 Å². The molecule has 0 aliphatic carbocycles. The zero-order valence-corrected chi connectivity index (χ0v) is 11.3. The minimum Gasteiger partial charge on any atom is -0.495 e. The second-order valence-corrected chi connectivity index (χ2v) is 4.44. The molecule has 1 aromatic rings. The van der Waals surface area contributed by atoms with Gasteiger partial charge in [0.1, 0.15) is 5.75 Å². The lowest BCUT2D eigenvalue weighted by Crippen LogP contribution is -2.35. The molecule has 0 aromatic heterocycles. The van der Waals surface area contributed by atoms with E-state index in [0.717, 1.165) is 18.4 Å². The fraction of sp³-hybridized carbons (Fsp3) is 0.500. The number of unbranched alkanes of at least 4 members (excludes halogenated alkanes) is 1. The second kappa shape index (κ2) is 7.01. The quantitative estimate of drug-likeness (QED) is 0.815. The van der Waals surface area contributed by atoms with E-state index in [4.69, 9.17) is 10.5 Å². The first-order valence-electron chi connectivity index (χ1n) is 6.29. The van der Waals surface area contributed by atoms with Crippen LogP contribution in [0.2, 0.25) is 0 Å². The number of ether oxygens (including phenoxy) is 1. The lowest BCUT2D eigenvalue weighted by molar-refractivity contribution is -0.117. The summed E-state index contributed by atoms with van der Waals surface area (Å²) in [6.45, 7) is 4.04. The van der Waals surface area contributed by atoms with E-state index >= 15 is 0 Å². The third-order valence-corrected chi connectivity index (χ3v) is 2.82. The Kier molecular flexibility index (Phi) is 5.65. The molecule has 0 aliphatic heterocycles. The Labute approximate surface area is 109 Å². The Morgan fingerprint density at radius 3 is 2.83 bits per heavy atom. The van der Waals surface area contributed by atoms with Crippen molar-refractivity contribution in [1.82, 2.24) is 0 Å². The number of nitrogens with two attached hydrogens (primary N) is 1. The predicted molar refractivity (Wildman–Crippen MR) is 73.9 cm³/mol. The highest BCUT2D eigenvalue weighted by atomic mass is 16.5. The zero-order valence-electron chi connectivity index (χ0n) is 11.3. The first kappa shape index (κ1) is 14.5. The lowest BCUT2D eigenvalue weighted by atomic mass is 10.1. The van der Waals surface area contributed by atoms with E-state index in [9.17, 15) is 4.79 Å². The van der Waals surface area contributed by atoms with Gasteiger partial charge in [-0.25, -0.2) is 0 Å². The summed E-state index contributed by atoms with van der Waals surface area (Å²) in [4.78, 5) is 11.9. The van der Waals surface area contributed by atoms with Gasteiger partial charge in [-0.3, -0.25) is 4.79 Å². The lowest BCUT2D eigenvalue weighted by Gasteiger charge is -2.14. The summed E-state index contributed by atoms with van der Waals surface area (Å²) in [5.41, 5.74) is 7.57. The van der Waals surface area contributed by atoms with Crippen molar-refractivity contribution in [3.8, 4) is 5.75 Å². The molecule has 1 rings (SSSR count). The fourth-order valence-electron chi connectivity index (χ4n) is 1.70. The fourth-order valence-corrected chi connectivity index (χ4v) is 1.70. The van der Waals surface area contributed by atoms with Crippen molar-refractivity contribution in [2.75, 3.05) is 12.4 Å². The number of carbonyl (C=O) groups is 1. The molecule has 0 radical (unpaired) electrons. The summed E-state index contributed by atoms with van der Waals surface area (Å²) in [5.74, 6) is 0.490. The van der Waals surface area contributed by atoms with E-state index in [1.807, 2.05) is 25.1 Å². The van der Waals surface area contributed by atoms with Crippen LogP contribution in [0.5, 0.6) is 5.75 Å². The van der Waals surface area contributed by atoms with Crippen molar-refractivity contribution < 1.29 is 9.53 Å². The highest BCUT2D eigenvalue weighted by Crippen LogP contribution is 2.25. The molecule has 1 aromatic carbocycles. The number of anilines is 1. The SMILES string of the molecule is CCCC[C@H](N)C(=O)Nc1cc(C)ccc1OC. The third-order valence-electron chi connectivity index (χ3n) is 2.82. The molecular weight excluding hydrogens is 228 g/mol. The molecule has 4 heteroatoms. The Morgan fingerprint density at radius 1 is 1.50 bits per heavy atom. The number of amides is 1. The van der Waals surface area contributed by atoms with E-state index in [-0.39, 0.29) is 5.91 Å². The van der Waals surface area contributed by atoms with E-state index < -0.39 is 6.04 Å². The molecule has 0 heterocycles. The van der Waals surface area contributed by atoms with Gasteiger partial charge in [-0.15, -0.1) is 0 Å². The third kappa shape index (κ3) is 4.04. The van der Waals surface area contributed by atoms with Crippen molar-refractivity contribution in [3.63, 3.8) is 0 Å². The Bertz CT molecular complexity index is 405. The number of benzene rings is 1. The van der Waals surface area contributed by atoms with Gasteiger partial charge in [-0.1, -0.05) is 25.8 Å². The van der Waals surface area contributed by atoms with E-state index in [1.165, 1.54) is 0 Å². The average Bonchev–Trinajstić information content (AvgIpc) is 2.36. The van der Waals surface area contributed by atoms with Gasteiger partial charge in [0.25, 0.3) is 0 Å². The first-order valence-corrected chi connectivity index (χ1v) is 6.29. The molecule has 0 saturated carbocycles. The van der Waals surface area contributed by atoms with Crippen LogP contribution in [-0.4, -0.2) is 19.1 Å². The maximum atomic E-state index is 11.9. The number of hydrogen-bond acceptors (Lipinski definition) is 3. The molecule has 0 fully saturated rings. The maximum absolute atomic E-state index is 11.9. The summed E-state index contributed by atoms with van der Waals surface area (Å²) in [6, 6.07) is 5.19. The van der Waals surface area contributed by atoms with Crippen molar-refractivity contribution in [2.45, 2.75) is 39.2 Å². The van der Waals surface area contributed by atoms with Gasteiger partial charge in [0, 0.05) is 0 Å². The standard InChI is InChI=1S/C14H22N2O2/c1-4-5-6-11(15)14(17)16-12-9-10(2)7-8-13(12)18-3/h7-9,11H,4-6,15H2,1-3H3,(H,16,17)/t11-/m0/s1. The molecule has 18 heavy (non-hydrogen) atoms. The van der Waals surface area contributed by atoms with Crippen molar-refractivity contribution in [3.05, 3.63) is 23.8 Å². The molecule has 4 nitrogen and oxygen atoms in total. The van der Waals surface area contributed by atoms with Crippen LogP contribution in [0.25, 0.3) is 0 Å². The molecular formula is C14H22N2O2. The summed E-state index contributed by atoms with van der Waals surface area (Å²) < 4.78 is 5.21. The second-order valence-electron chi connectivity index (χ2n) is 4.44. The number of rotatable bonds is 6. The number of carbonyl (C=O) groups excluding carboxylic acids is 1. The number of aryl methyl sites for hydroxylation is 1. The average molecular weight is 250 g/mol. The van der Waals surface area contributed by atoms with Crippen LogP contribution in [0.4, 0.5) is 5.69 Å². The highest BCUT2D eigenvalue weighted by molar-refractivity contribution is 5.96. The highest BCUT2D eigenvalue weighted by Gasteiger charge is 2.14. The maximum Gasteiger partial charge on any atom is 0.241 e. The summed E-state index contributed by atoms with van der Waals surface area (Å²) in [7, 11) is 1.58. The summed E-state index contributed by atoms with van der Waals surface area (Å²) in [6.07, 6.45) is 2.70.